The van der Waals surface area contributed by atoms with Crippen molar-refractivity contribution >= 4 is 5.97 Å². The number of carboxylic acid groups (broad SMARTS) is 1. The summed E-state index contributed by atoms with van der Waals surface area (Å²) >= 11 is 0. The Kier molecular flexibility index (Phi) is 5.73. The van der Waals surface area contributed by atoms with E-state index in [2.05, 4.69) is 6.92 Å². The third-order valence-electron chi connectivity index (χ3n) is 3.94. The molecular weight excluding hydrogens is 274 g/mol. The molecule has 0 aromatic heterocycles. The van der Waals surface area contributed by atoms with E-state index in [0.29, 0.717) is 13.1 Å². The van der Waals surface area contributed by atoms with Crippen molar-refractivity contribution in [3.8, 4) is 0 Å². The molecule has 0 aliphatic carbocycles. The quantitative estimate of drug-likeness (QED) is 0.842. The minimum Gasteiger partial charge on any atom is -0.480 e. The summed E-state index contributed by atoms with van der Waals surface area (Å²) in [5.74, 6) is -0.804. The first-order chi connectivity index (χ1) is 10.7. The monoisotopic (exact) mass is 297 g/mol. The highest BCUT2D eigenvalue weighted by molar-refractivity contribution is 5.75. The van der Waals surface area contributed by atoms with Crippen molar-refractivity contribution in [1.29, 1.82) is 0 Å². The fraction of sp³-hybridized carbons (Fsp3) is 0.316. The molecule has 0 heterocycles. The SMILES string of the molecule is CCc1ccc(C(C(=O)O)N(CC)Cc2ccccc2)cc1. The standard InChI is InChI=1S/C19H23NO2/c1-3-15-10-12-17(13-11-15)18(19(21)22)20(4-2)14-16-8-6-5-7-9-16/h5-13,18H,3-4,14H2,1-2H3,(H,21,22). The fourth-order valence-corrected chi connectivity index (χ4v) is 2.65. The minimum atomic E-state index is -0.804. The van der Waals surface area contributed by atoms with Crippen LogP contribution in [-0.4, -0.2) is 22.5 Å². The number of likely N-dealkylation sites (N-methyl/N-ethyl adjacent to an activating group) is 1. The minimum absolute atomic E-state index is 0.615. The number of rotatable bonds is 7. The van der Waals surface area contributed by atoms with E-state index in [-0.39, 0.29) is 0 Å². The lowest BCUT2D eigenvalue weighted by Gasteiger charge is -2.28. The van der Waals surface area contributed by atoms with E-state index in [9.17, 15) is 9.90 Å². The van der Waals surface area contributed by atoms with Crippen LogP contribution in [0.2, 0.25) is 0 Å². The van der Waals surface area contributed by atoms with Gasteiger partial charge < -0.3 is 5.11 Å². The molecule has 0 amide bonds. The number of hydrogen-bond acceptors (Lipinski definition) is 2. The molecule has 22 heavy (non-hydrogen) atoms. The van der Waals surface area contributed by atoms with Crippen LogP contribution in [0.25, 0.3) is 0 Å². The zero-order valence-corrected chi connectivity index (χ0v) is 13.2. The van der Waals surface area contributed by atoms with Crippen molar-refractivity contribution in [1.82, 2.24) is 4.90 Å². The first kappa shape index (κ1) is 16.2. The van der Waals surface area contributed by atoms with Crippen LogP contribution in [0.3, 0.4) is 0 Å². The summed E-state index contributed by atoms with van der Waals surface area (Å²) in [7, 11) is 0. The third-order valence-corrected chi connectivity index (χ3v) is 3.94. The van der Waals surface area contributed by atoms with Gasteiger partial charge in [-0.3, -0.25) is 9.69 Å². The molecule has 2 aromatic rings. The summed E-state index contributed by atoms with van der Waals surface area (Å²) in [6.45, 7) is 5.40. The van der Waals surface area contributed by atoms with Crippen LogP contribution in [0.4, 0.5) is 0 Å². The smallest absolute Gasteiger partial charge is 0.325 e. The van der Waals surface area contributed by atoms with Crippen molar-refractivity contribution in [3.05, 3.63) is 71.3 Å². The maximum Gasteiger partial charge on any atom is 0.325 e. The molecule has 3 heteroatoms. The second-order valence-corrected chi connectivity index (χ2v) is 5.38. The van der Waals surface area contributed by atoms with Crippen molar-refractivity contribution in [2.75, 3.05) is 6.54 Å². The molecule has 0 bridgehead atoms. The van der Waals surface area contributed by atoms with Crippen LogP contribution in [0.1, 0.15) is 36.6 Å². The largest absolute Gasteiger partial charge is 0.480 e. The van der Waals surface area contributed by atoms with E-state index in [4.69, 9.17) is 0 Å². The first-order valence-electron chi connectivity index (χ1n) is 7.75. The summed E-state index contributed by atoms with van der Waals surface area (Å²) in [5.41, 5.74) is 3.18. The van der Waals surface area contributed by atoms with Crippen LogP contribution in [0.15, 0.2) is 54.6 Å². The molecule has 1 unspecified atom stereocenters. The number of aliphatic carboxylic acids is 1. The second kappa shape index (κ2) is 7.76. The molecule has 1 N–H and O–H groups in total. The Labute approximate surface area is 132 Å². The Hall–Kier alpha value is -2.13. The lowest BCUT2D eigenvalue weighted by molar-refractivity contribution is -0.143. The van der Waals surface area contributed by atoms with Gasteiger partial charge in [-0.05, 0) is 29.7 Å². The third kappa shape index (κ3) is 3.95. The lowest BCUT2D eigenvalue weighted by Crippen LogP contribution is -2.33. The summed E-state index contributed by atoms with van der Waals surface area (Å²) in [6, 6.07) is 17.3. The van der Waals surface area contributed by atoms with Crippen LogP contribution in [0, 0.1) is 0 Å². The number of hydrogen-bond donors (Lipinski definition) is 1. The summed E-state index contributed by atoms with van der Waals surface area (Å²) < 4.78 is 0. The molecule has 2 aromatic carbocycles. The summed E-state index contributed by atoms with van der Waals surface area (Å²) in [6.07, 6.45) is 0.958. The van der Waals surface area contributed by atoms with E-state index < -0.39 is 12.0 Å². The number of nitrogens with zero attached hydrogens (tertiary/aromatic N) is 1. The molecule has 3 nitrogen and oxygen atoms in total. The van der Waals surface area contributed by atoms with Gasteiger partial charge in [0.1, 0.15) is 6.04 Å². The molecule has 116 valence electrons. The van der Waals surface area contributed by atoms with Gasteiger partial charge in [-0.15, -0.1) is 0 Å². The van der Waals surface area contributed by atoms with E-state index in [1.807, 2.05) is 66.4 Å². The Bertz CT molecular complexity index is 593. The van der Waals surface area contributed by atoms with Gasteiger partial charge >= 0.3 is 5.97 Å². The van der Waals surface area contributed by atoms with Gasteiger partial charge in [0.2, 0.25) is 0 Å². The van der Waals surface area contributed by atoms with E-state index >= 15 is 0 Å². The fourth-order valence-electron chi connectivity index (χ4n) is 2.65. The Balaban J connectivity index is 2.25. The van der Waals surface area contributed by atoms with Crippen molar-refractivity contribution in [2.45, 2.75) is 32.9 Å². The molecule has 1 atom stereocenters. The van der Waals surface area contributed by atoms with Gasteiger partial charge in [0.25, 0.3) is 0 Å². The second-order valence-electron chi connectivity index (χ2n) is 5.38. The van der Waals surface area contributed by atoms with Crippen LogP contribution >= 0.6 is 0 Å². The van der Waals surface area contributed by atoms with Crippen molar-refractivity contribution in [2.24, 2.45) is 0 Å². The Morgan fingerprint density at radius 3 is 2.14 bits per heavy atom. The average molecular weight is 297 g/mol. The molecular formula is C19H23NO2. The Morgan fingerprint density at radius 2 is 1.64 bits per heavy atom. The number of benzene rings is 2. The summed E-state index contributed by atoms with van der Waals surface area (Å²) in [5, 5.41) is 9.69. The molecule has 0 aliphatic rings. The van der Waals surface area contributed by atoms with Crippen molar-refractivity contribution in [3.63, 3.8) is 0 Å². The van der Waals surface area contributed by atoms with Gasteiger partial charge in [0.15, 0.2) is 0 Å². The predicted octanol–water partition coefficient (Wildman–Crippen LogP) is 3.90. The molecule has 0 radical (unpaired) electrons. The highest BCUT2D eigenvalue weighted by atomic mass is 16.4. The molecule has 2 rings (SSSR count). The lowest BCUT2D eigenvalue weighted by atomic mass is 10.0. The Morgan fingerprint density at radius 1 is 1.00 bits per heavy atom. The van der Waals surface area contributed by atoms with Gasteiger partial charge in [0.05, 0.1) is 0 Å². The number of aryl methyl sites for hydroxylation is 1. The normalized spacial score (nSPS) is 12.3. The summed E-state index contributed by atoms with van der Waals surface area (Å²) in [4.78, 5) is 13.8. The maximum absolute atomic E-state index is 11.8. The van der Waals surface area contributed by atoms with E-state index in [1.165, 1.54) is 5.56 Å². The van der Waals surface area contributed by atoms with E-state index in [1.54, 1.807) is 0 Å². The van der Waals surface area contributed by atoms with E-state index in [0.717, 1.165) is 17.5 Å². The molecule has 0 fully saturated rings. The molecule has 0 aliphatic heterocycles. The highest BCUT2D eigenvalue weighted by Crippen LogP contribution is 2.23. The van der Waals surface area contributed by atoms with Gasteiger partial charge in [-0.1, -0.05) is 68.4 Å². The van der Waals surface area contributed by atoms with Gasteiger partial charge in [-0.2, -0.15) is 0 Å². The van der Waals surface area contributed by atoms with Gasteiger partial charge in [0, 0.05) is 6.54 Å². The van der Waals surface area contributed by atoms with Crippen LogP contribution < -0.4 is 0 Å². The number of carbonyl (C=O) groups is 1. The molecule has 0 saturated heterocycles. The van der Waals surface area contributed by atoms with Crippen molar-refractivity contribution < 1.29 is 9.90 Å². The van der Waals surface area contributed by atoms with Gasteiger partial charge in [-0.25, -0.2) is 0 Å². The zero-order valence-electron chi connectivity index (χ0n) is 13.2. The topological polar surface area (TPSA) is 40.5 Å². The zero-order chi connectivity index (χ0) is 15.9. The predicted molar refractivity (Wildman–Crippen MR) is 88.7 cm³/mol. The number of carboxylic acids is 1. The average Bonchev–Trinajstić information content (AvgIpc) is 2.55. The highest BCUT2D eigenvalue weighted by Gasteiger charge is 2.26. The molecule has 0 spiro atoms. The van der Waals surface area contributed by atoms with Crippen LogP contribution in [0.5, 0.6) is 0 Å². The molecule has 0 saturated carbocycles. The van der Waals surface area contributed by atoms with Crippen LogP contribution in [-0.2, 0) is 17.8 Å². The first-order valence-corrected chi connectivity index (χ1v) is 7.75. The maximum atomic E-state index is 11.8.